The maximum atomic E-state index is 10.5. The van der Waals surface area contributed by atoms with E-state index in [0.717, 1.165) is 5.69 Å². The van der Waals surface area contributed by atoms with Gasteiger partial charge in [-0.25, -0.2) is 9.97 Å². The number of rotatable bonds is 5. The van der Waals surface area contributed by atoms with Crippen LogP contribution in [-0.2, 0) is 4.79 Å². The highest BCUT2D eigenvalue weighted by atomic mass is 16.4. The van der Waals surface area contributed by atoms with Gasteiger partial charge in [0.2, 0.25) is 5.95 Å². The van der Waals surface area contributed by atoms with Gasteiger partial charge in [0, 0.05) is 26.0 Å². The normalized spacial score (nSPS) is 10.2. The van der Waals surface area contributed by atoms with Crippen LogP contribution in [0.15, 0.2) is 36.7 Å². The fourth-order valence-electron chi connectivity index (χ4n) is 1.55. The van der Waals surface area contributed by atoms with E-state index in [1.54, 1.807) is 30.4 Å². The minimum absolute atomic E-state index is 0.0493. The maximum Gasteiger partial charge on any atom is 0.305 e. The van der Waals surface area contributed by atoms with E-state index >= 15 is 0 Å². The van der Waals surface area contributed by atoms with Crippen LogP contribution in [0.4, 0.5) is 5.95 Å². The van der Waals surface area contributed by atoms with Crippen LogP contribution in [0.3, 0.4) is 0 Å². The summed E-state index contributed by atoms with van der Waals surface area (Å²) in [5, 5.41) is 8.66. The highest BCUT2D eigenvalue weighted by Gasteiger charge is 2.08. The molecule has 0 aliphatic rings. The van der Waals surface area contributed by atoms with Crippen molar-refractivity contribution in [2.75, 3.05) is 18.5 Å². The molecule has 0 atom stereocenters. The molecule has 0 aromatic carbocycles. The predicted molar refractivity (Wildman–Crippen MR) is 70.8 cm³/mol. The van der Waals surface area contributed by atoms with Crippen LogP contribution in [0.2, 0.25) is 0 Å². The highest BCUT2D eigenvalue weighted by molar-refractivity contribution is 5.67. The summed E-state index contributed by atoms with van der Waals surface area (Å²) < 4.78 is 0. The molecule has 19 heavy (non-hydrogen) atoms. The van der Waals surface area contributed by atoms with E-state index < -0.39 is 5.97 Å². The zero-order chi connectivity index (χ0) is 13.7. The summed E-state index contributed by atoms with van der Waals surface area (Å²) in [4.78, 5) is 25.0. The molecule has 0 spiro atoms. The molecule has 0 amide bonds. The standard InChI is InChI=1S/C13H14N4O2/c1-17(9-6-12(18)19)13-15-8-5-11(16-13)10-4-2-3-7-14-10/h2-5,7-8H,6,9H2,1H3,(H,18,19). The van der Waals surface area contributed by atoms with Gasteiger partial charge in [-0.2, -0.15) is 0 Å². The van der Waals surface area contributed by atoms with Crippen molar-refractivity contribution in [1.29, 1.82) is 0 Å². The van der Waals surface area contributed by atoms with Crippen LogP contribution in [0.25, 0.3) is 11.4 Å². The molecule has 2 rings (SSSR count). The third-order valence-electron chi connectivity index (χ3n) is 2.57. The smallest absolute Gasteiger partial charge is 0.305 e. The number of hydrogen-bond acceptors (Lipinski definition) is 5. The topological polar surface area (TPSA) is 79.2 Å². The fourth-order valence-corrected chi connectivity index (χ4v) is 1.55. The first-order chi connectivity index (χ1) is 9.16. The number of hydrogen-bond donors (Lipinski definition) is 1. The third kappa shape index (κ3) is 3.48. The molecule has 0 radical (unpaired) electrons. The second-order valence-corrected chi connectivity index (χ2v) is 4.02. The van der Waals surface area contributed by atoms with Gasteiger partial charge in [0.15, 0.2) is 0 Å². The molecular formula is C13H14N4O2. The molecule has 2 aromatic rings. The first-order valence-corrected chi connectivity index (χ1v) is 5.84. The van der Waals surface area contributed by atoms with E-state index in [9.17, 15) is 4.79 Å². The molecule has 6 heteroatoms. The molecule has 2 aromatic heterocycles. The van der Waals surface area contributed by atoms with Gasteiger partial charge in [-0.05, 0) is 18.2 Å². The van der Waals surface area contributed by atoms with Crippen molar-refractivity contribution in [1.82, 2.24) is 15.0 Å². The number of nitrogens with zero attached hydrogens (tertiary/aromatic N) is 4. The van der Waals surface area contributed by atoms with E-state index in [4.69, 9.17) is 5.11 Å². The van der Waals surface area contributed by atoms with E-state index in [2.05, 4.69) is 15.0 Å². The minimum atomic E-state index is -0.840. The van der Waals surface area contributed by atoms with Gasteiger partial charge in [0.25, 0.3) is 0 Å². The van der Waals surface area contributed by atoms with Gasteiger partial charge in [0.05, 0.1) is 17.8 Å². The SMILES string of the molecule is CN(CCC(=O)O)c1nccc(-c2ccccn2)n1. The zero-order valence-electron chi connectivity index (χ0n) is 10.5. The average molecular weight is 258 g/mol. The average Bonchev–Trinajstić information content (AvgIpc) is 2.46. The van der Waals surface area contributed by atoms with Crippen molar-refractivity contribution in [3.8, 4) is 11.4 Å². The number of anilines is 1. The zero-order valence-corrected chi connectivity index (χ0v) is 10.5. The van der Waals surface area contributed by atoms with E-state index in [1.807, 2.05) is 18.2 Å². The summed E-state index contributed by atoms with van der Waals surface area (Å²) in [6.07, 6.45) is 3.39. The van der Waals surface area contributed by atoms with Crippen LogP contribution in [-0.4, -0.2) is 39.6 Å². The maximum absolute atomic E-state index is 10.5. The second-order valence-electron chi connectivity index (χ2n) is 4.02. The second kappa shape index (κ2) is 5.90. The molecule has 0 saturated carbocycles. The lowest BCUT2D eigenvalue weighted by molar-refractivity contribution is -0.136. The van der Waals surface area contributed by atoms with Crippen LogP contribution >= 0.6 is 0 Å². The van der Waals surface area contributed by atoms with Gasteiger partial charge in [0.1, 0.15) is 0 Å². The van der Waals surface area contributed by atoms with Crippen molar-refractivity contribution >= 4 is 11.9 Å². The van der Waals surface area contributed by atoms with Crippen LogP contribution in [0.5, 0.6) is 0 Å². The van der Waals surface area contributed by atoms with E-state index in [0.29, 0.717) is 18.2 Å². The Morgan fingerprint density at radius 1 is 1.21 bits per heavy atom. The van der Waals surface area contributed by atoms with Crippen molar-refractivity contribution in [3.63, 3.8) is 0 Å². The van der Waals surface area contributed by atoms with Crippen molar-refractivity contribution in [2.24, 2.45) is 0 Å². The van der Waals surface area contributed by atoms with Crippen molar-refractivity contribution < 1.29 is 9.90 Å². The third-order valence-corrected chi connectivity index (χ3v) is 2.57. The Kier molecular flexibility index (Phi) is 4.02. The highest BCUT2D eigenvalue weighted by Crippen LogP contribution is 2.15. The Morgan fingerprint density at radius 2 is 2.05 bits per heavy atom. The molecule has 0 bridgehead atoms. The number of carboxylic acids is 1. The van der Waals surface area contributed by atoms with Crippen LogP contribution < -0.4 is 4.90 Å². The van der Waals surface area contributed by atoms with Crippen LogP contribution in [0.1, 0.15) is 6.42 Å². The first-order valence-electron chi connectivity index (χ1n) is 5.84. The Bertz CT molecular complexity index is 560. The Morgan fingerprint density at radius 3 is 2.74 bits per heavy atom. The van der Waals surface area contributed by atoms with E-state index in [1.165, 1.54) is 0 Å². The lowest BCUT2D eigenvalue weighted by atomic mass is 10.2. The summed E-state index contributed by atoms with van der Waals surface area (Å²) >= 11 is 0. The first kappa shape index (κ1) is 12.9. The number of pyridine rings is 1. The molecule has 2 heterocycles. The summed E-state index contributed by atoms with van der Waals surface area (Å²) in [5.74, 6) is -0.350. The lowest BCUT2D eigenvalue weighted by Gasteiger charge is -2.16. The molecule has 0 aliphatic heterocycles. The van der Waals surface area contributed by atoms with Gasteiger partial charge in [-0.3, -0.25) is 9.78 Å². The van der Waals surface area contributed by atoms with Gasteiger partial charge >= 0.3 is 5.97 Å². The largest absolute Gasteiger partial charge is 0.481 e. The monoisotopic (exact) mass is 258 g/mol. The number of carbonyl (C=O) groups is 1. The Balaban J connectivity index is 2.17. The summed E-state index contributed by atoms with van der Waals surface area (Å²) in [7, 11) is 1.76. The summed E-state index contributed by atoms with van der Waals surface area (Å²) in [6.45, 7) is 0.362. The Labute approximate surface area is 110 Å². The molecule has 6 nitrogen and oxygen atoms in total. The van der Waals surface area contributed by atoms with Gasteiger partial charge in [-0.15, -0.1) is 0 Å². The van der Waals surface area contributed by atoms with Crippen molar-refractivity contribution in [2.45, 2.75) is 6.42 Å². The number of carboxylic acid groups (broad SMARTS) is 1. The lowest BCUT2D eigenvalue weighted by Crippen LogP contribution is -2.23. The molecule has 0 fully saturated rings. The minimum Gasteiger partial charge on any atom is -0.481 e. The van der Waals surface area contributed by atoms with Crippen LogP contribution in [0, 0.1) is 0 Å². The number of aromatic nitrogens is 3. The molecule has 98 valence electrons. The molecular weight excluding hydrogens is 244 g/mol. The fraction of sp³-hybridized carbons (Fsp3) is 0.231. The molecule has 0 saturated heterocycles. The summed E-state index contributed by atoms with van der Waals surface area (Å²) in [6, 6.07) is 7.36. The van der Waals surface area contributed by atoms with E-state index in [-0.39, 0.29) is 6.42 Å². The quantitative estimate of drug-likeness (QED) is 0.874. The molecule has 1 N–H and O–H groups in total. The van der Waals surface area contributed by atoms with Gasteiger partial charge in [-0.1, -0.05) is 6.07 Å². The molecule has 0 unspecified atom stereocenters. The van der Waals surface area contributed by atoms with Crippen molar-refractivity contribution in [3.05, 3.63) is 36.7 Å². The summed E-state index contributed by atoms with van der Waals surface area (Å²) in [5.41, 5.74) is 1.48. The molecule has 0 aliphatic carbocycles. The number of aliphatic carboxylic acids is 1. The predicted octanol–water partition coefficient (Wildman–Crippen LogP) is 1.45. The van der Waals surface area contributed by atoms with Gasteiger partial charge < -0.3 is 10.0 Å². The Hall–Kier alpha value is -2.50.